The molecule has 1 aliphatic heterocycles. The highest BCUT2D eigenvalue weighted by Crippen LogP contribution is 2.28. The first kappa shape index (κ1) is 9.45. The zero-order valence-electron chi connectivity index (χ0n) is 8.24. The summed E-state index contributed by atoms with van der Waals surface area (Å²) >= 11 is 1.56. The minimum atomic E-state index is -0.342. The topological polar surface area (TPSA) is 42.4 Å². The van der Waals surface area contributed by atoms with Crippen LogP contribution in [0, 0.1) is 6.92 Å². The molecule has 14 heavy (non-hydrogen) atoms. The van der Waals surface area contributed by atoms with Gasteiger partial charge in [0.2, 0.25) is 0 Å². The first-order valence-electron chi connectivity index (χ1n) is 4.53. The van der Waals surface area contributed by atoms with E-state index in [0.29, 0.717) is 5.69 Å². The summed E-state index contributed by atoms with van der Waals surface area (Å²) in [7, 11) is 1.38. The van der Waals surface area contributed by atoms with E-state index in [1.807, 2.05) is 6.92 Å². The van der Waals surface area contributed by atoms with Gasteiger partial charge >= 0.3 is 5.97 Å². The summed E-state index contributed by atoms with van der Waals surface area (Å²) in [5.41, 5.74) is 0.458. The summed E-state index contributed by atoms with van der Waals surface area (Å²) in [5, 5.41) is 0.939. The molecule has 76 valence electrons. The second kappa shape index (κ2) is 3.57. The second-order valence-corrected chi connectivity index (χ2v) is 4.42. The molecule has 0 atom stereocenters. The molecule has 0 bridgehead atoms. The quantitative estimate of drug-likeness (QED) is 0.696. The number of aromatic nitrogens is 1. The standard InChI is InChI=1S/C9H12N2O2S/c1-6-7(8(12)13-2)10-9(14-6)11-4-3-5-11/h3-5H2,1-2H3. The fraction of sp³-hybridized carbons (Fsp3) is 0.556. The van der Waals surface area contributed by atoms with Crippen molar-refractivity contribution < 1.29 is 9.53 Å². The highest BCUT2D eigenvalue weighted by molar-refractivity contribution is 7.15. The van der Waals surface area contributed by atoms with E-state index in [9.17, 15) is 4.79 Å². The molecule has 0 spiro atoms. The number of nitrogens with zero attached hydrogens (tertiary/aromatic N) is 2. The van der Waals surface area contributed by atoms with Gasteiger partial charge in [-0.1, -0.05) is 0 Å². The van der Waals surface area contributed by atoms with Crippen molar-refractivity contribution in [1.82, 2.24) is 4.98 Å². The Bertz CT molecular complexity index is 358. The molecule has 5 heteroatoms. The van der Waals surface area contributed by atoms with E-state index in [0.717, 1.165) is 23.1 Å². The number of methoxy groups -OCH3 is 1. The van der Waals surface area contributed by atoms with Crippen molar-refractivity contribution in [3.63, 3.8) is 0 Å². The normalized spacial score (nSPS) is 15.1. The van der Waals surface area contributed by atoms with Crippen LogP contribution < -0.4 is 4.90 Å². The van der Waals surface area contributed by atoms with Gasteiger partial charge in [0.25, 0.3) is 0 Å². The Hall–Kier alpha value is -1.10. The number of rotatable bonds is 2. The Kier molecular flexibility index (Phi) is 2.41. The lowest BCUT2D eigenvalue weighted by Gasteiger charge is -2.30. The zero-order chi connectivity index (χ0) is 10.1. The third-order valence-electron chi connectivity index (χ3n) is 2.29. The van der Waals surface area contributed by atoms with Gasteiger partial charge in [0.15, 0.2) is 10.8 Å². The van der Waals surface area contributed by atoms with Gasteiger partial charge in [-0.2, -0.15) is 0 Å². The molecule has 2 rings (SSSR count). The molecule has 2 heterocycles. The van der Waals surface area contributed by atoms with Gasteiger partial charge in [0.05, 0.1) is 7.11 Å². The van der Waals surface area contributed by atoms with E-state index in [-0.39, 0.29) is 5.97 Å². The third-order valence-corrected chi connectivity index (χ3v) is 3.32. The average Bonchev–Trinajstić information content (AvgIpc) is 2.43. The van der Waals surface area contributed by atoms with E-state index < -0.39 is 0 Å². The Labute approximate surface area is 86.5 Å². The molecule has 0 aliphatic carbocycles. The maximum absolute atomic E-state index is 11.3. The van der Waals surface area contributed by atoms with Crippen LogP contribution in [0.4, 0.5) is 5.13 Å². The molecule has 0 N–H and O–H groups in total. The Morgan fingerprint density at radius 1 is 1.57 bits per heavy atom. The predicted octanol–water partition coefficient (Wildman–Crippen LogP) is 1.45. The fourth-order valence-electron chi connectivity index (χ4n) is 1.31. The van der Waals surface area contributed by atoms with Gasteiger partial charge in [-0.05, 0) is 13.3 Å². The van der Waals surface area contributed by atoms with E-state index >= 15 is 0 Å². The molecular formula is C9H12N2O2S. The maximum Gasteiger partial charge on any atom is 0.357 e. The molecule has 0 saturated carbocycles. The molecule has 0 aromatic carbocycles. The number of esters is 1. The van der Waals surface area contributed by atoms with Gasteiger partial charge < -0.3 is 9.64 Å². The number of aryl methyl sites for hydroxylation is 1. The molecule has 1 fully saturated rings. The van der Waals surface area contributed by atoms with Crippen LogP contribution in [-0.4, -0.2) is 31.2 Å². The zero-order valence-corrected chi connectivity index (χ0v) is 9.06. The first-order chi connectivity index (χ1) is 6.72. The summed E-state index contributed by atoms with van der Waals surface area (Å²) in [6, 6.07) is 0. The van der Waals surface area contributed by atoms with Crippen LogP contribution in [0.15, 0.2) is 0 Å². The number of carbonyl (C=O) groups excluding carboxylic acids is 1. The Morgan fingerprint density at radius 2 is 2.29 bits per heavy atom. The number of ether oxygens (including phenoxy) is 1. The molecule has 1 saturated heterocycles. The molecule has 0 unspecified atom stereocenters. The van der Waals surface area contributed by atoms with Crippen LogP contribution in [-0.2, 0) is 4.74 Å². The number of anilines is 1. The van der Waals surface area contributed by atoms with Crippen LogP contribution in [0.25, 0.3) is 0 Å². The van der Waals surface area contributed by atoms with Crippen molar-refractivity contribution in [3.05, 3.63) is 10.6 Å². The first-order valence-corrected chi connectivity index (χ1v) is 5.34. The third kappa shape index (κ3) is 1.48. The number of carbonyl (C=O) groups is 1. The van der Waals surface area contributed by atoms with E-state index in [4.69, 9.17) is 0 Å². The van der Waals surface area contributed by atoms with Crippen LogP contribution in [0.5, 0.6) is 0 Å². The van der Waals surface area contributed by atoms with Crippen molar-refractivity contribution in [2.75, 3.05) is 25.1 Å². The van der Waals surface area contributed by atoms with E-state index in [2.05, 4.69) is 14.6 Å². The molecule has 0 radical (unpaired) electrons. The Morgan fingerprint density at radius 3 is 2.79 bits per heavy atom. The van der Waals surface area contributed by atoms with Crippen molar-refractivity contribution in [2.24, 2.45) is 0 Å². The van der Waals surface area contributed by atoms with Crippen LogP contribution in [0.1, 0.15) is 21.8 Å². The monoisotopic (exact) mass is 212 g/mol. The molecule has 0 amide bonds. The fourth-order valence-corrected chi connectivity index (χ4v) is 2.26. The summed E-state index contributed by atoms with van der Waals surface area (Å²) in [6.07, 6.45) is 1.21. The lowest BCUT2D eigenvalue weighted by Crippen LogP contribution is -2.36. The highest BCUT2D eigenvalue weighted by Gasteiger charge is 2.22. The van der Waals surface area contributed by atoms with Crippen LogP contribution in [0.3, 0.4) is 0 Å². The smallest absolute Gasteiger partial charge is 0.357 e. The SMILES string of the molecule is COC(=O)c1nc(N2CCC2)sc1C. The van der Waals surface area contributed by atoms with Gasteiger partial charge in [-0.15, -0.1) is 11.3 Å². The van der Waals surface area contributed by atoms with Crippen molar-refractivity contribution in [1.29, 1.82) is 0 Å². The Balaban J connectivity index is 2.24. The molecule has 1 aromatic heterocycles. The minimum absolute atomic E-state index is 0.342. The number of thiazole rings is 1. The van der Waals surface area contributed by atoms with E-state index in [1.54, 1.807) is 11.3 Å². The van der Waals surface area contributed by atoms with Crippen molar-refractivity contribution in [2.45, 2.75) is 13.3 Å². The summed E-state index contributed by atoms with van der Waals surface area (Å²) in [4.78, 5) is 18.7. The van der Waals surface area contributed by atoms with Gasteiger partial charge in [-0.3, -0.25) is 0 Å². The van der Waals surface area contributed by atoms with Crippen molar-refractivity contribution in [3.8, 4) is 0 Å². The minimum Gasteiger partial charge on any atom is -0.464 e. The number of hydrogen-bond donors (Lipinski definition) is 0. The van der Waals surface area contributed by atoms with Crippen LogP contribution >= 0.6 is 11.3 Å². The second-order valence-electron chi connectivity index (χ2n) is 3.23. The summed E-state index contributed by atoms with van der Waals surface area (Å²) in [6.45, 7) is 3.99. The van der Waals surface area contributed by atoms with Crippen molar-refractivity contribution >= 4 is 22.4 Å². The summed E-state index contributed by atoms with van der Waals surface area (Å²) in [5.74, 6) is -0.342. The molecule has 1 aliphatic rings. The van der Waals surface area contributed by atoms with Crippen LogP contribution in [0.2, 0.25) is 0 Å². The summed E-state index contributed by atoms with van der Waals surface area (Å²) < 4.78 is 4.65. The van der Waals surface area contributed by atoms with Gasteiger partial charge in [-0.25, -0.2) is 9.78 Å². The molecular weight excluding hydrogens is 200 g/mol. The molecule has 4 nitrogen and oxygen atoms in total. The predicted molar refractivity (Wildman–Crippen MR) is 55.0 cm³/mol. The average molecular weight is 212 g/mol. The lowest BCUT2D eigenvalue weighted by molar-refractivity contribution is 0.0594. The largest absolute Gasteiger partial charge is 0.464 e. The van der Waals surface area contributed by atoms with Gasteiger partial charge in [0, 0.05) is 18.0 Å². The van der Waals surface area contributed by atoms with E-state index in [1.165, 1.54) is 13.5 Å². The lowest BCUT2D eigenvalue weighted by atomic mass is 10.2. The van der Waals surface area contributed by atoms with Gasteiger partial charge in [0.1, 0.15) is 0 Å². The maximum atomic E-state index is 11.3. The highest BCUT2D eigenvalue weighted by atomic mass is 32.1. The number of hydrogen-bond acceptors (Lipinski definition) is 5. The molecule has 1 aromatic rings.